The largest absolute Gasteiger partial charge is 0.493 e. The van der Waals surface area contributed by atoms with E-state index in [1.807, 2.05) is 0 Å². The quantitative estimate of drug-likeness (QED) is 0.284. The van der Waals surface area contributed by atoms with E-state index in [-0.39, 0.29) is 36.3 Å². The summed E-state index contributed by atoms with van der Waals surface area (Å²) < 4.78 is 26.8. The first-order chi connectivity index (χ1) is 17.8. The number of hydrogen-bond donors (Lipinski definition) is 1. The minimum absolute atomic E-state index is 0.0359. The molecule has 4 amide bonds. The molecule has 4 rings (SSSR count). The van der Waals surface area contributed by atoms with E-state index in [9.17, 15) is 19.2 Å². The molecule has 2 fully saturated rings. The summed E-state index contributed by atoms with van der Waals surface area (Å²) in [7, 11) is 2.67. The van der Waals surface area contributed by atoms with Gasteiger partial charge in [0.2, 0.25) is 5.76 Å². The molecular weight excluding hydrogens is 554 g/mol. The zero-order valence-corrected chi connectivity index (χ0v) is 21.7. The fourth-order valence-electron chi connectivity index (χ4n) is 3.71. The lowest BCUT2D eigenvalue weighted by Crippen LogP contribution is -2.43. The van der Waals surface area contributed by atoms with Crippen LogP contribution in [-0.4, -0.2) is 80.7 Å². The Hall–Kier alpha value is -3.84. The molecule has 0 saturated carbocycles. The molecule has 12 nitrogen and oxygen atoms in total. The van der Waals surface area contributed by atoms with Gasteiger partial charge in [-0.15, -0.1) is 0 Å². The van der Waals surface area contributed by atoms with Crippen molar-refractivity contribution in [3.63, 3.8) is 0 Å². The molecule has 1 aromatic carbocycles. The molecule has 13 heteroatoms. The van der Waals surface area contributed by atoms with Gasteiger partial charge in [0.1, 0.15) is 11.5 Å². The molecule has 1 aromatic heterocycles. The second kappa shape index (κ2) is 11.5. The number of amides is 4. The van der Waals surface area contributed by atoms with E-state index < -0.39 is 17.9 Å². The van der Waals surface area contributed by atoms with Crippen LogP contribution in [0.25, 0.3) is 6.08 Å². The second-order valence-electron chi connectivity index (χ2n) is 7.95. The van der Waals surface area contributed by atoms with Crippen molar-refractivity contribution in [1.82, 2.24) is 15.1 Å². The summed E-state index contributed by atoms with van der Waals surface area (Å²) >= 11 is 3.43. The molecule has 0 unspecified atom stereocenters. The Balaban J connectivity index is 1.46. The first kappa shape index (κ1) is 26.2. The lowest BCUT2D eigenvalue weighted by atomic mass is 10.1. The molecule has 0 bridgehead atoms. The van der Waals surface area contributed by atoms with Crippen LogP contribution < -0.4 is 14.8 Å². The summed E-state index contributed by atoms with van der Waals surface area (Å²) in [5, 5.41) is 2.53. The van der Waals surface area contributed by atoms with E-state index in [4.69, 9.17) is 18.6 Å². The highest BCUT2D eigenvalue weighted by molar-refractivity contribution is 9.10. The van der Waals surface area contributed by atoms with Crippen molar-refractivity contribution in [3.05, 3.63) is 51.5 Å². The Morgan fingerprint density at radius 2 is 1.92 bits per heavy atom. The van der Waals surface area contributed by atoms with Gasteiger partial charge in [0.15, 0.2) is 18.1 Å². The van der Waals surface area contributed by atoms with Gasteiger partial charge in [-0.3, -0.25) is 14.5 Å². The monoisotopic (exact) mass is 577 g/mol. The SMILES string of the molecule is COC(=O)c1ccc(CN2C(=O)N/C(=C\c3cc(Br)c(OCC(=O)N4CCOCC4)c(OC)c3)C2=O)o1. The van der Waals surface area contributed by atoms with Crippen molar-refractivity contribution in [2.45, 2.75) is 6.54 Å². The predicted molar refractivity (Wildman–Crippen MR) is 131 cm³/mol. The Bertz CT molecular complexity index is 1250. The minimum Gasteiger partial charge on any atom is -0.493 e. The number of carbonyl (C=O) groups excluding carboxylic acids is 4. The zero-order chi connectivity index (χ0) is 26.5. The van der Waals surface area contributed by atoms with Crippen LogP contribution >= 0.6 is 15.9 Å². The Kier molecular flexibility index (Phi) is 8.14. The standard InChI is InChI=1S/C24H24BrN3O9/c1-33-19-11-14(9-16(25)21(19)36-13-20(29)27-5-7-35-8-6-27)10-17-22(30)28(24(32)26-17)12-15-3-4-18(37-15)23(31)34-2/h3-4,9-11H,5-8,12-13H2,1-2H3,(H,26,32)/b17-10-. The number of esters is 1. The van der Waals surface area contributed by atoms with Crippen LogP contribution in [0, 0.1) is 0 Å². The first-order valence-corrected chi connectivity index (χ1v) is 12.0. The number of imide groups is 1. The van der Waals surface area contributed by atoms with Crippen LogP contribution in [0.2, 0.25) is 0 Å². The van der Waals surface area contributed by atoms with Crippen LogP contribution in [0.3, 0.4) is 0 Å². The summed E-state index contributed by atoms with van der Waals surface area (Å²) in [6.45, 7) is 1.65. The van der Waals surface area contributed by atoms with Crippen molar-refractivity contribution in [1.29, 1.82) is 0 Å². The lowest BCUT2D eigenvalue weighted by Gasteiger charge is -2.27. The number of hydrogen-bond acceptors (Lipinski definition) is 9. The maximum absolute atomic E-state index is 12.9. The van der Waals surface area contributed by atoms with Gasteiger partial charge in [-0.2, -0.15) is 0 Å². The number of halogens is 1. The van der Waals surface area contributed by atoms with Crippen LogP contribution in [0.5, 0.6) is 11.5 Å². The van der Waals surface area contributed by atoms with Gasteiger partial charge in [0, 0.05) is 13.1 Å². The molecule has 2 aliphatic heterocycles. The van der Waals surface area contributed by atoms with Gasteiger partial charge in [0.05, 0.1) is 38.5 Å². The number of rotatable bonds is 8. The van der Waals surface area contributed by atoms with Crippen LogP contribution in [-0.2, 0) is 25.6 Å². The van der Waals surface area contributed by atoms with Crippen molar-refractivity contribution in [2.24, 2.45) is 0 Å². The van der Waals surface area contributed by atoms with Crippen LogP contribution in [0.15, 0.2) is 38.9 Å². The van der Waals surface area contributed by atoms with Gasteiger partial charge >= 0.3 is 12.0 Å². The highest BCUT2D eigenvalue weighted by atomic mass is 79.9. The number of benzene rings is 1. The summed E-state index contributed by atoms with van der Waals surface area (Å²) in [4.78, 5) is 51.9. The van der Waals surface area contributed by atoms with E-state index in [0.29, 0.717) is 47.8 Å². The summed E-state index contributed by atoms with van der Waals surface area (Å²) in [6, 6.07) is 5.53. The van der Waals surface area contributed by atoms with Crippen molar-refractivity contribution in [2.75, 3.05) is 47.1 Å². The van der Waals surface area contributed by atoms with Gasteiger partial charge in [-0.05, 0) is 51.8 Å². The number of ether oxygens (including phenoxy) is 4. The number of nitrogens with zero attached hydrogens (tertiary/aromatic N) is 2. The lowest BCUT2D eigenvalue weighted by molar-refractivity contribution is -0.137. The van der Waals surface area contributed by atoms with E-state index >= 15 is 0 Å². The van der Waals surface area contributed by atoms with E-state index in [1.54, 1.807) is 17.0 Å². The van der Waals surface area contributed by atoms with Crippen molar-refractivity contribution >= 4 is 45.8 Å². The Morgan fingerprint density at radius 1 is 1.16 bits per heavy atom. The molecule has 3 heterocycles. The third-order valence-electron chi connectivity index (χ3n) is 5.59. The zero-order valence-electron chi connectivity index (χ0n) is 20.1. The minimum atomic E-state index is -0.665. The number of methoxy groups -OCH3 is 2. The van der Waals surface area contributed by atoms with Crippen molar-refractivity contribution < 1.29 is 42.5 Å². The molecule has 196 valence electrons. The van der Waals surface area contributed by atoms with E-state index in [2.05, 4.69) is 26.0 Å². The van der Waals surface area contributed by atoms with Gasteiger partial charge < -0.3 is 33.6 Å². The topological polar surface area (TPSA) is 137 Å². The molecule has 1 N–H and O–H groups in total. The number of morpholine rings is 1. The molecule has 2 aromatic rings. The molecular formula is C24H24BrN3O9. The maximum atomic E-state index is 12.9. The highest BCUT2D eigenvalue weighted by Crippen LogP contribution is 2.37. The summed E-state index contributed by atoms with van der Waals surface area (Å²) in [5.41, 5.74) is 0.571. The Labute approximate surface area is 220 Å². The molecule has 37 heavy (non-hydrogen) atoms. The molecule has 0 radical (unpaired) electrons. The number of furan rings is 1. The Morgan fingerprint density at radius 3 is 2.62 bits per heavy atom. The molecule has 2 aliphatic rings. The fraction of sp³-hybridized carbons (Fsp3) is 0.333. The molecule has 0 atom stereocenters. The normalized spacial score (nSPS) is 16.7. The van der Waals surface area contributed by atoms with Gasteiger partial charge in [-0.1, -0.05) is 0 Å². The van der Waals surface area contributed by atoms with E-state index in [0.717, 1.165) is 4.90 Å². The molecule has 0 spiro atoms. The van der Waals surface area contributed by atoms with E-state index in [1.165, 1.54) is 32.4 Å². The first-order valence-electron chi connectivity index (χ1n) is 11.2. The van der Waals surface area contributed by atoms with Crippen LogP contribution in [0.4, 0.5) is 4.79 Å². The molecule has 2 saturated heterocycles. The second-order valence-corrected chi connectivity index (χ2v) is 8.81. The third kappa shape index (κ3) is 5.94. The average molecular weight is 578 g/mol. The van der Waals surface area contributed by atoms with Crippen molar-refractivity contribution in [3.8, 4) is 11.5 Å². The average Bonchev–Trinajstić information content (AvgIpc) is 3.48. The number of urea groups is 1. The highest BCUT2D eigenvalue weighted by Gasteiger charge is 2.34. The summed E-state index contributed by atoms with van der Waals surface area (Å²) in [5.74, 6) is -0.551. The van der Waals surface area contributed by atoms with Gasteiger partial charge in [0.25, 0.3) is 11.8 Å². The fourth-order valence-corrected chi connectivity index (χ4v) is 4.29. The van der Waals surface area contributed by atoms with Crippen LogP contribution in [0.1, 0.15) is 21.9 Å². The van der Waals surface area contributed by atoms with Gasteiger partial charge in [-0.25, -0.2) is 9.59 Å². The number of nitrogens with one attached hydrogen (secondary N) is 1. The smallest absolute Gasteiger partial charge is 0.373 e. The summed E-state index contributed by atoms with van der Waals surface area (Å²) in [6.07, 6.45) is 1.48. The molecule has 0 aliphatic carbocycles. The maximum Gasteiger partial charge on any atom is 0.373 e. The number of carbonyl (C=O) groups is 4. The third-order valence-corrected chi connectivity index (χ3v) is 6.18. The predicted octanol–water partition coefficient (Wildman–Crippen LogP) is 2.17.